The molecule has 3 fully saturated rings. The highest BCUT2D eigenvalue weighted by Gasteiger charge is 2.77. The molecule has 4 rings (SSSR count). The first-order valence-corrected chi connectivity index (χ1v) is 15.1. The zero-order valence-corrected chi connectivity index (χ0v) is 25.0. The lowest BCUT2D eigenvalue weighted by Gasteiger charge is -2.40. The highest BCUT2D eigenvalue weighted by atomic mass is 79.9. The molecule has 1 aromatic rings. The number of halogens is 1. The van der Waals surface area contributed by atoms with Crippen molar-refractivity contribution in [2.75, 3.05) is 19.8 Å². The number of benzene rings is 1. The summed E-state index contributed by atoms with van der Waals surface area (Å²) >= 11 is 3.69. The van der Waals surface area contributed by atoms with Crippen molar-refractivity contribution < 1.29 is 29.0 Å². The first-order chi connectivity index (χ1) is 19.2. The number of hydrogen-bond donors (Lipinski definition) is 1. The second-order valence-corrected chi connectivity index (χ2v) is 12.5. The van der Waals surface area contributed by atoms with Crippen molar-refractivity contribution in [2.24, 2.45) is 17.8 Å². The van der Waals surface area contributed by atoms with Gasteiger partial charge in [-0.2, -0.15) is 0 Å². The van der Waals surface area contributed by atoms with Crippen LogP contribution in [0.15, 0.2) is 55.6 Å². The zero-order valence-electron chi connectivity index (χ0n) is 23.4. The van der Waals surface area contributed by atoms with Crippen LogP contribution >= 0.6 is 15.9 Å². The fraction of sp³-hybridized carbons (Fsp3) is 0.581. The maximum absolute atomic E-state index is 14.5. The van der Waals surface area contributed by atoms with Crippen molar-refractivity contribution in [1.82, 2.24) is 9.80 Å². The standard InChI is InChI=1S/C31H41BrN2O6/c1-5-7-8-12-16-39-30(38)24-25-28(36)34(23(19-35)20(3)4)27(31(25)17-22(32)26(24)40-31)29(37)33(15-6-2)18-21-13-10-9-11-14-21/h5-6,9-11,13-14,20,22-27,35H,1-2,7-8,12,15-19H2,3-4H3/t22?,23-,24-,25-,26-,27?,31?/m0/s1. The van der Waals surface area contributed by atoms with E-state index in [4.69, 9.17) is 9.47 Å². The van der Waals surface area contributed by atoms with Crippen LogP contribution in [0.3, 0.4) is 0 Å². The molecule has 2 bridgehead atoms. The maximum Gasteiger partial charge on any atom is 0.312 e. The number of aliphatic hydroxyl groups excluding tert-OH is 1. The Bertz CT molecular complexity index is 1100. The van der Waals surface area contributed by atoms with Gasteiger partial charge in [0.1, 0.15) is 11.6 Å². The number of nitrogens with zero attached hydrogens (tertiary/aromatic N) is 2. The predicted molar refractivity (Wildman–Crippen MR) is 155 cm³/mol. The Morgan fingerprint density at radius 2 is 1.98 bits per heavy atom. The van der Waals surface area contributed by atoms with E-state index in [0.717, 1.165) is 18.4 Å². The van der Waals surface area contributed by atoms with Gasteiger partial charge >= 0.3 is 5.97 Å². The lowest BCUT2D eigenvalue weighted by Crippen LogP contribution is -2.59. The number of esters is 1. The van der Waals surface area contributed by atoms with Crippen molar-refractivity contribution in [2.45, 2.75) is 74.7 Å². The molecule has 0 aromatic heterocycles. The van der Waals surface area contributed by atoms with Crippen LogP contribution in [0.4, 0.5) is 0 Å². The van der Waals surface area contributed by atoms with Gasteiger partial charge in [0.2, 0.25) is 11.8 Å². The molecule has 40 heavy (non-hydrogen) atoms. The van der Waals surface area contributed by atoms with E-state index in [2.05, 4.69) is 29.1 Å². The molecule has 3 aliphatic heterocycles. The van der Waals surface area contributed by atoms with Gasteiger partial charge in [-0.05, 0) is 37.2 Å². The topological polar surface area (TPSA) is 96.4 Å². The van der Waals surface area contributed by atoms with Gasteiger partial charge in [-0.1, -0.05) is 72.3 Å². The third kappa shape index (κ3) is 5.52. The fourth-order valence-electron chi connectivity index (χ4n) is 6.62. The lowest BCUT2D eigenvalue weighted by atomic mass is 9.70. The summed E-state index contributed by atoms with van der Waals surface area (Å²) in [6.45, 7) is 11.9. The molecule has 0 radical (unpaired) electrons. The quantitative estimate of drug-likeness (QED) is 0.148. The first kappa shape index (κ1) is 30.5. The largest absolute Gasteiger partial charge is 0.465 e. The van der Waals surface area contributed by atoms with Gasteiger partial charge in [-0.25, -0.2) is 0 Å². The number of carbonyl (C=O) groups excluding carboxylic acids is 3. The molecule has 218 valence electrons. The highest BCUT2D eigenvalue weighted by molar-refractivity contribution is 9.09. The van der Waals surface area contributed by atoms with Crippen LogP contribution < -0.4 is 0 Å². The van der Waals surface area contributed by atoms with E-state index in [9.17, 15) is 19.5 Å². The SMILES string of the molecule is C=CCCCCOC(=O)[C@H]1[C@H]2C(=O)N([C@@H](CO)C(C)C)C(C(=O)N(CC=C)Cc3ccccc3)C23CC(Br)[C@@H]1O3. The molecule has 3 saturated heterocycles. The third-order valence-corrected chi connectivity index (χ3v) is 9.32. The smallest absolute Gasteiger partial charge is 0.312 e. The van der Waals surface area contributed by atoms with Crippen LogP contribution in [0, 0.1) is 17.8 Å². The number of fused-ring (bicyclic) bond motifs is 1. The zero-order chi connectivity index (χ0) is 29.0. The number of alkyl halides is 1. The molecule has 0 saturated carbocycles. The van der Waals surface area contributed by atoms with Crippen molar-refractivity contribution in [1.29, 1.82) is 0 Å². The summed E-state index contributed by atoms with van der Waals surface area (Å²) in [5.41, 5.74) is -0.268. The Morgan fingerprint density at radius 1 is 1.25 bits per heavy atom. The van der Waals surface area contributed by atoms with E-state index in [1.54, 1.807) is 11.0 Å². The van der Waals surface area contributed by atoms with E-state index in [0.29, 0.717) is 19.4 Å². The van der Waals surface area contributed by atoms with Crippen molar-refractivity contribution in [3.05, 3.63) is 61.2 Å². The van der Waals surface area contributed by atoms with Crippen LogP contribution in [0.1, 0.15) is 45.1 Å². The first-order valence-electron chi connectivity index (χ1n) is 14.2. The average molecular weight is 618 g/mol. The van der Waals surface area contributed by atoms with Gasteiger partial charge in [0, 0.05) is 17.9 Å². The number of allylic oxidation sites excluding steroid dienone is 1. The van der Waals surface area contributed by atoms with Crippen molar-refractivity contribution >= 4 is 33.7 Å². The van der Waals surface area contributed by atoms with Gasteiger partial charge < -0.3 is 24.4 Å². The van der Waals surface area contributed by atoms with E-state index in [1.807, 2.05) is 50.3 Å². The summed E-state index contributed by atoms with van der Waals surface area (Å²) < 4.78 is 12.2. The van der Waals surface area contributed by atoms with E-state index < -0.39 is 41.6 Å². The number of unbranched alkanes of at least 4 members (excludes halogenated alkanes) is 2. The molecule has 3 aliphatic rings. The predicted octanol–water partition coefficient (Wildman–Crippen LogP) is 3.87. The van der Waals surface area contributed by atoms with Crippen LogP contribution in [-0.2, 0) is 30.4 Å². The Hall–Kier alpha value is -2.49. The molecule has 1 N–H and O–H groups in total. The summed E-state index contributed by atoms with van der Waals surface area (Å²) in [5.74, 6) is -2.92. The molecule has 7 atom stereocenters. The Balaban J connectivity index is 1.71. The molecule has 1 aromatic carbocycles. The van der Waals surface area contributed by atoms with Crippen LogP contribution in [-0.4, -0.2) is 81.1 Å². The van der Waals surface area contributed by atoms with E-state index >= 15 is 0 Å². The number of likely N-dealkylation sites (tertiary alicyclic amines) is 1. The van der Waals surface area contributed by atoms with Gasteiger partial charge in [0.05, 0.1) is 37.2 Å². The van der Waals surface area contributed by atoms with Crippen LogP contribution in [0.5, 0.6) is 0 Å². The maximum atomic E-state index is 14.5. The molecule has 3 heterocycles. The number of hydrogen-bond acceptors (Lipinski definition) is 6. The number of rotatable bonds is 14. The second kappa shape index (κ2) is 13.0. The molecule has 0 aliphatic carbocycles. The summed E-state index contributed by atoms with van der Waals surface area (Å²) in [4.78, 5) is 45.2. The van der Waals surface area contributed by atoms with Gasteiger partial charge in [-0.15, -0.1) is 13.2 Å². The minimum absolute atomic E-state index is 0.131. The van der Waals surface area contributed by atoms with Gasteiger partial charge in [0.25, 0.3) is 0 Å². The second-order valence-electron chi connectivity index (χ2n) is 11.3. The van der Waals surface area contributed by atoms with Crippen LogP contribution in [0.2, 0.25) is 0 Å². The van der Waals surface area contributed by atoms with Gasteiger partial charge in [-0.3, -0.25) is 14.4 Å². The lowest BCUT2D eigenvalue weighted by molar-refractivity contribution is -0.157. The Morgan fingerprint density at radius 3 is 2.60 bits per heavy atom. The molecule has 2 amide bonds. The molecular weight excluding hydrogens is 576 g/mol. The monoisotopic (exact) mass is 616 g/mol. The summed E-state index contributed by atoms with van der Waals surface area (Å²) in [6.07, 6.45) is 5.69. The summed E-state index contributed by atoms with van der Waals surface area (Å²) in [7, 11) is 0. The minimum atomic E-state index is -1.21. The fourth-order valence-corrected chi connectivity index (χ4v) is 7.56. The Labute approximate surface area is 245 Å². The highest BCUT2D eigenvalue weighted by Crippen LogP contribution is 2.61. The molecule has 9 heteroatoms. The normalized spacial score (nSPS) is 29.4. The van der Waals surface area contributed by atoms with Gasteiger partial charge in [0.15, 0.2) is 0 Å². The van der Waals surface area contributed by atoms with E-state index in [1.165, 1.54) is 4.90 Å². The number of carbonyl (C=O) groups is 3. The molecule has 8 nitrogen and oxygen atoms in total. The summed E-state index contributed by atoms with van der Waals surface area (Å²) in [6, 6.07) is 8.02. The van der Waals surface area contributed by atoms with E-state index in [-0.39, 0.29) is 42.3 Å². The number of aliphatic hydroxyl groups is 1. The molecule has 1 spiro atoms. The molecular formula is C31H41BrN2O6. The Kier molecular flexibility index (Phi) is 9.90. The van der Waals surface area contributed by atoms with Crippen molar-refractivity contribution in [3.63, 3.8) is 0 Å². The van der Waals surface area contributed by atoms with Crippen molar-refractivity contribution in [3.8, 4) is 0 Å². The van der Waals surface area contributed by atoms with Crippen LogP contribution in [0.25, 0.3) is 0 Å². The summed E-state index contributed by atoms with van der Waals surface area (Å²) in [5, 5.41) is 10.4. The molecule has 3 unspecified atom stereocenters. The minimum Gasteiger partial charge on any atom is -0.465 e. The third-order valence-electron chi connectivity index (χ3n) is 8.47. The average Bonchev–Trinajstić information content (AvgIpc) is 3.52. The number of amides is 2. The number of ether oxygens (including phenoxy) is 2.